The lowest BCUT2D eigenvalue weighted by molar-refractivity contribution is 0.0956. The lowest BCUT2D eigenvalue weighted by Crippen LogP contribution is -2.20. The third kappa shape index (κ3) is 2.50. The fourth-order valence-corrected chi connectivity index (χ4v) is 2.65. The summed E-state index contributed by atoms with van der Waals surface area (Å²) >= 11 is 5.99. The van der Waals surface area contributed by atoms with Gasteiger partial charge in [-0.15, -0.1) is 5.10 Å². The zero-order chi connectivity index (χ0) is 16.0. The van der Waals surface area contributed by atoms with Crippen LogP contribution in [-0.4, -0.2) is 37.8 Å². The Kier molecular flexibility index (Phi) is 3.19. The van der Waals surface area contributed by atoms with Gasteiger partial charge in [0.15, 0.2) is 11.6 Å². The summed E-state index contributed by atoms with van der Waals surface area (Å²) in [6.45, 7) is 0. The summed E-state index contributed by atoms with van der Waals surface area (Å²) in [5.41, 5.74) is 2.14. The second-order valence-electron chi connectivity index (χ2n) is 5.43. The molecule has 0 saturated heterocycles. The Morgan fingerprint density at radius 2 is 2.26 bits per heavy atom. The van der Waals surface area contributed by atoms with Crippen molar-refractivity contribution >= 4 is 34.7 Å². The number of anilines is 2. The Bertz CT molecular complexity index is 896. The summed E-state index contributed by atoms with van der Waals surface area (Å²) in [5, 5.41) is 17.1. The molecule has 1 fully saturated rings. The first-order valence-electron chi connectivity index (χ1n) is 7.25. The molecular weight excluding hydrogens is 318 g/mol. The molecular formula is C14H14ClN7O. The number of fused-ring (bicyclic) bond motifs is 1. The van der Waals surface area contributed by atoms with Crippen LogP contribution in [0.4, 0.5) is 11.6 Å². The summed E-state index contributed by atoms with van der Waals surface area (Å²) in [4.78, 5) is 16.1. The highest BCUT2D eigenvalue weighted by Crippen LogP contribution is 2.39. The van der Waals surface area contributed by atoms with E-state index < -0.39 is 0 Å². The molecule has 0 atom stereocenters. The molecule has 0 spiro atoms. The molecule has 8 nitrogen and oxygen atoms in total. The smallest absolute Gasteiger partial charge is 0.269 e. The van der Waals surface area contributed by atoms with Crippen LogP contribution in [0.15, 0.2) is 18.2 Å². The summed E-state index contributed by atoms with van der Waals surface area (Å²) in [6.07, 6.45) is 2.39. The van der Waals surface area contributed by atoms with Gasteiger partial charge in [-0.25, -0.2) is 4.52 Å². The van der Waals surface area contributed by atoms with E-state index in [0.29, 0.717) is 28.8 Å². The molecule has 1 aliphatic rings. The van der Waals surface area contributed by atoms with Crippen molar-refractivity contribution in [3.63, 3.8) is 0 Å². The van der Waals surface area contributed by atoms with Crippen LogP contribution >= 0.6 is 11.6 Å². The van der Waals surface area contributed by atoms with Crippen molar-refractivity contribution in [3.05, 3.63) is 34.9 Å². The predicted molar refractivity (Wildman–Crippen MR) is 85.2 cm³/mol. The fraction of sp³-hybridized carbons (Fsp3) is 0.286. The zero-order valence-corrected chi connectivity index (χ0v) is 13.1. The van der Waals surface area contributed by atoms with Gasteiger partial charge in [0.2, 0.25) is 5.28 Å². The summed E-state index contributed by atoms with van der Waals surface area (Å²) in [7, 11) is 1.56. The van der Waals surface area contributed by atoms with E-state index in [2.05, 4.69) is 30.9 Å². The highest BCUT2D eigenvalue weighted by atomic mass is 35.5. The Hall–Kier alpha value is -2.61. The normalized spacial score (nSPS) is 14.2. The van der Waals surface area contributed by atoms with Crippen LogP contribution in [0.3, 0.4) is 0 Å². The van der Waals surface area contributed by atoms with Gasteiger partial charge in [0.05, 0.1) is 0 Å². The number of nitrogens with zero attached hydrogens (tertiary/aromatic N) is 4. The molecule has 3 heterocycles. The minimum Gasteiger partial charge on any atom is -0.354 e. The molecule has 1 saturated carbocycles. The maximum atomic E-state index is 11.9. The van der Waals surface area contributed by atoms with Crippen molar-refractivity contribution in [2.24, 2.45) is 0 Å². The largest absolute Gasteiger partial charge is 0.354 e. The number of hydrogen-bond donors (Lipinski definition) is 3. The van der Waals surface area contributed by atoms with Crippen molar-refractivity contribution in [1.29, 1.82) is 0 Å². The summed E-state index contributed by atoms with van der Waals surface area (Å²) in [5.74, 6) is 1.49. The average Bonchev–Trinajstić information content (AvgIpc) is 3.14. The van der Waals surface area contributed by atoms with Gasteiger partial charge in [-0.3, -0.25) is 9.89 Å². The van der Waals surface area contributed by atoms with Gasteiger partial charge in [-0.2, -0.15) is 10.1 Å². The zero-order valence-electron chi connectivity index (χ0n) is 12.3. The maximum Gasteiger partial charge on any atom is 0.269 e. The van der Waals surface area contributed by atoms with Gasteiger partial charge < -0.3 is 10.6 Å². The van der Waals surface area contributed by atoms with E-state index in [1.165, 1.54) is 17.4 Å². The van der Waals surface area contributed by atoms with Crippen molar-refractivity contribution in [1.82, 2.24) is 30.1 Å². The number of rotatable bonds is 4. The standard InChI is InChI=1S/C14H14ClN7O/c1-16-13(23)10-5-4-9-12(18-14(15)21-22(9)10)17-11-6-8(19-20-11)7-2-3-7/h4-7H,2-3H2,1H3,(H,16,23)(H2,17,18,19,20,21). The summed E-state index contributed by atoms with van der Waals surface area (Å²) < 4.78 is 1.46. The van der Waals surface area contributed by atoms with Crippen LogP contribution in [0.1, 0.15) is 34.9 Å². The Morgan fingerprint density at radius 1 is 1.43 bits per heavy atom. The second-order valence-corrected chi connectivity index (χ2v) is 5.77. The van der Waals surface area contributed by atoms with E-state index in [4.69, 9.17) is 11.6 Å². The van der Waals surface area contributed by atoms with Crippen LogP contribution in [0.25, 0.3) is 5.52 Å². The molecule has 0 unspecified atom stereocenters. The van der Waals surface area contributed by atoms with Crippen molar-refractivity contribution in [3.8, 4) is 0 Å². The molecule has 3 aromatic heterocycles. The molecule has 118 valence electrons. The van der Waals surface area contributed by atoms with E-state index in [1.54, 1.807) is 19.2 Å². The molecule has 23 heavy (non-hydrogen) atoms. The van der Waals surface area contributed by atoms with Crippen molar-refractivity contribution in [2.45, 2.75) is 18.8 Å². The van der Waals surface area contributed by atoms with E-state index >= 15 is 0 Å². The average molecular weight is 332 g/mol. The number of H-pyrrole nitrogens is 1. The monoisotopic (exact) mass is 331 g/mol. The molecule has 3 aromatic rings. The molecule has 1 aliphatic carbocycles. The van der Waals surface area contributed by atoms with E-state index in [9.17, 15) is 4.79 Å². The number of nitrogens with one attached hydrogen (secondary N) is 3. The minimum absolute atomic E-state index is 0.0410. The molecule has 0 aliphatic heterocycles. The van der Waals surface area contributed by atoms with E-state index in [1.807, 2.05) is 6.07 Å². The lowest BCUT2D eigenvalue weighted by Gasteiger charge is -2.06. The van der Waals surface area contributed by atoms with Gasteiger partial charge >= 0.3 is 0 Å². The SMILES string of the molecule is CNC(=O)c1ccc2c(Nc3cc(C4CC4)[nH]n3)nc(Cl)nn12. The van der Waals surface area contributed by atoms with Gasteiger partial charge in [0.25, 0.3) is 5.91 Å². The van der Waals surface area contributed by atoms with Crippen LogP contribution in [0, 0.1) is 0 Å². The number of aromatic nitrogens is 5. The maximum absolute atomic E-state index is 11.9. The third-order valence-electron chi connectivity index (χ3n) is 3.81. The highest BCUT2D eigenvalue weighted by Gasteiger charge is 2.25. The third-order valence-corrected chi connectivity index (χ3v) is 3.97. The van der Waals surface area contributed by atoms with E-state index in [-0.39, 0.29) is 11.2 Å². The Morgan fingerprint density at radius 3 is 3.00 bits per heavy atom. The van der Waals surface area contributed by atoms with Gasteiger partial charge in [0.1, 0.15) is 11.2 Å². The van der Waals surface area contributed by atoms with E-state index in [0.717, 1.165) is 5.69 Å². The quantitative estimate of drug-likeness (QED) is 0.679. The minimum atomic E-state index is -0.249. The van der Waals surface area contributed by atoms with Crippen LogP contribution < -0.4 is 10.6 Å². The molecule has 1 amide bonds. The van der Waals surface area contributed by atoms with Gasteiger partial charge in [-0.05, 0) is 36.6 Å². The molecule has 0 radical (unpaired) electrons. The molecule has 9 heteroatoms. The van der Waals surface area contributed by atoms with Gasteiger partial charge in [-0.1, -0.05) is 0 Å². The molecule has 0 bridgehead atoms. The summed E-state index contributed by atoms with van der Waals surface area (Å²) in [6, 6.07) is 5.40. The number of hydrogen-bond acceptors (Lipinski definition) is 5. The topological polar surface area (TPSA) is 100 Å². The molecule has 0 aromatic carbocycles. The van der Waals surface area contributed by atoms with Crippen molar-refractivity contribution < 1.29 is 4.79 Å². The van der Waals surface area contributed by atoms with Crippen LogP contribution in [-0.2, 0) is 0 Å². The number of carbonyl (C=O) groups excluding carboxylic acids is 1. The number of carbonyl (C=O) groups is 1. The second kappa shape index (κ2) is 5.24. The first-order chi connectivity index (χ1) is 11.2. The number of aromatic amines is 1. The fourth-order valence-electron chi connectivity index (χ4n) is 2.49. The van der Waals surface area contributed by atoms with Gasteiger partial charge in [0, 0.05) is 24.7 Å². The van der Waals surface area contributed by atoms with Crippen molar-refractivity contribution in [2.75, 3.05) is 12.4 Å². The van der Waals surface area contributed by atoms with Crippen LogP contribution in [0.5, 0.6) is 0 Å². The first-order valence-corrected chi connectivity index (χ1v) is 7.63. The highest BCUT2D eigenvalue weighted by molar-refractivity contribution is 6.28. The predicted octanol–water partition coefficient (Wildman–Crippen LogP) is 2.09. The molecule has 4 rings (SSSR count). The number of amides is 1. The Labute approximate surface area is 136 Å². The first kappa shape index (κ1) is 14.0. The Balaban J connectivity index is 1.73. The van der Waals surface area contributed by atoms with Crippen LogP contribution in [0.2, 0.25) is 5.28 Å². The molecule has 3 N–H and O–H groups in total. The number of halogens is 1. The lowest BCUT2D eigenvalue weighted by atomic mass is 10.3.